The molecule has 0 fully saturated rings. The molecular weight excluding hydrogens is 197 g/mol. The molecule has 3 rings (SSSR count). The maximum Gasteiger partial charge on any atom is 0.272 e. The van der Waals surface area contributed by atoms with Crippen LogP contribution in [-0.4, -0.2) is 16.7 Å². The molecule has 5 heteroatoms. The number of nitrogens with one attached hydrogen (secondary N) is 2. The maximum absolute atomic E-state index is 13.2. The molecule has 0 amide bonds. The lowest BCUT2D eigenvalue weighted by Crippen LogP contribution is -2.19. The molecule has 0 saturated carbocycles. The summed E-state index contributed by atoms with van der Waals surface area (Å²) in [6.45, 7) is 0.713. The molecular formula is C10H8FN3O. The minimum Gasteiger partial charge on any atom is -0.384 e. The van der Waals surface area contributed by atoms with E-state index in [0.717, 1.165) is 17.5 Å². The second-order valence-electron chi connectivity index (χ2n) is 3.55. The second kappa shape index (κ2) is 2.79. The molecule has 76 valence electrons. The van der Waals surface area contributed by atoms with E-state index in [1.165, 1.54) is 12.1 Å². The van der Waals surface area contributed by atoms with E-state index in [2.05, 4.69) is 15.5 Å². The number of aromatic amines is 1. The van der Waals surface area contributed by atoms with Gasteiger partial charge in [-0.1, -0.05) is 0 Å². The third kappa shape index (κ3) is 1.12. The van der Waals surface area contributed by atoms with E-state index in [4.69, 9.17) is 0 Å². The number of hydrogen-bond donors (Lipinski definition) is 2. The predicted molar refractivity (Wildman–Crippen MR) is 54.5 cm³/mol. The van der Waals surface area contributed by atoms with Gasteiger partial charge in [-0.15, -0.1) is 0 Å². The van der Waals surface area contributed by atoms with E-state index < -0.39 is 5.82 Å². The van der Waals surface area contributed by atoms with Crippen LogP contribution in [0.25, 0.3) is 10.8 Å². The molecule has 0 unspecified atom stereocenters. The zero-order valence-corrected chi connectivity index (χ0v) is 7.80. The van der Waals surface area contributed by atoms with Crippen LogP contribution >= 0.6 is 0 Å². The van der Waals surface area contributed by atoms with Crippen LogP contribution in [0.4, 0.5) is 10.1 Å². The van der Waals surface area contributed by atoms with E-state index in [-0.39, 0.29) is 5.56 Å². The third-order valence-electron chi connectivity index (χ3n) is 2.61. The number of aromatic nitrogens is 2. The summed E-state index contributed by atoms with van der Waals surface area (Å²) in [5, 5.41) is 10.5. The summed E-state index contributed by atoms with van der Waals surface area (Å²) in [7, 11) is 0. The highest BCUT2D eigenvalue weighted by molar-refractivity contribution is 5.96. The third-order valence-corrected chi connectivity index (χ3v) is 2.61. The van der Waals surface area contributed by atoms with Crippen molar-refractivity contribution in [1.29, 1.82) is 0 Å². The Bertz CT molecular complexity index is 605. The van der Waals surface area contributed by atoms with Gasteiger partial charge in [0, 0.05) is 24.0 Å². The van der Waals surface area contributed by atoms with Gasteiger partial charge in [0.25, 0.3) is 5.56 Å². The molecule has 0 aliphatic carbocycles. The zero-order chi connectivity index (χ0) is 10.4. The first-order chi connectivity index (χ1) is 7.25. The van der Waals surface area contributed by atoms with Gasteiger partial charge in [0.2, 0.25) is 0 Å². The maximum atomic E-state index is 13.2. The Labute approximate surface area is 84.1 Å². The molecule has 15 heavy (non-hydrogen) atoms. The van der Waals surface area contributed by atoms with E-state index >= 15 is 0 Å². The van der Waals surface area contributed by atoms with Crippen LogP contribution < -0.4 is 10.9 Å². The van der Waals surface area contributed by atoms with Gasteiger partial charge in [-0.25, -0.2) is 9.49 Å². The van der Waals surface area contributed by atoms with Crippen molar-refractivity contribution in [2.45, 2.75) is 6.42 Å². The van der Waals surface area contributed by atoms with Crippen LogP contribution in [0.1, 0.15) is 5.69 Å². The fourth-order valence-electron chi connectivity index (χ4n) is 1.97. The average Bonchev–Trinajstić information content (AvgIpc) is 2.23. The molecule has 1 aromatic heterocycles. The first-order valence-corrected chi connectivity index (χ1v) is 4.70. The summed E-state index contributed by atoms with van der Waals surface area (Å²) in [6.07, 6.45) is 0.742. The summed E-state index contributed by atoms with van der Waals surface area (Å²) < 4.78 is 13.2. The SMILES string of the molecule is O=c1[nH]nc2c3c(cc(F)cc13)NCC2. The van der Waals surface area contributed by atoms with Crippen molar-refractivity contribution in [3.8, 4) is 0 Å². The standard InChI is InChI=1S/C10H8FN3O/c11-5-3-6-9-7(13-14-10(6)15)1-2-12-8(9)4-5/h3-4,12H,1-2H2,(H,14,15). The Kier molecular flexibility index (Phi) is 1.56. The van der Waals surface area contributed by atoms with Gasteiger partial charge < -0.3 is 5.32 Å². The topological polar surface area (TPSA) is 57.8 Å². The minimum absolute atomic E-state index is 0.349. The van der Waals surface area contributed by atoms with Crippen molar-refractivity contribution in [1.82, 2.24) is 10.2 Å². The molecule has 1 aliphatic rings. The van der Waals surface area contributed by atoms with Crippen LogP contribution in [0.2, 0.25) is 0 Å². The van der Waals surface area contributed by atoms with E-state index in [1.807, 2.05) is 0 Å². The molecule has 1 aromatic carbocycles. The highest BCUT2D eigenvalue weighted by atomic mass is 19.1. The molecule has 0 saturated heterocycles. The van der Waals surface area contributed by atoms with Crippen molar-refractivity contribution >= 4 is 16.5 Å². The largest absolute Gasteiger partial charge is 0.384 e. The monoisotopic (exact) mass is 205 g/mol. The van der Waals surface area contributed by atoms with Crippen LogP contribution in [0, 0.1) is 5.82 Å². The highest BCUT2D eigenvalue weighted by Gasteiger charge is 2.16. The number of anilines is 1. The molecule has 0 spiro atoms. The Balaban J connectivity index is 2.56. The molecule has 2 aromatic rings. The summed E-state index contributed by atoms with van der Waals surface area (Å²) in [6, 6.07) is 2.64. The quantitative estimate of drug-likeness (QED) is 0.675. The van der Waals surface area contributed by atoms with Crippen molar-refractivity contribution in [2.24, 2.45) is 0 Å². The first kappa shape index (κ1) is 8.40. The van der Waals surface area contributed by atoms with Gasteiger partial charge in [-0.2, -0.15) is 5.10 Å². The van der Waals surface area contributed by atoms with Gasteiger partial charge in [0.15, 0.2) is 0 Å². The fourth-order valence-corrected chi connectivity index (χ4v) is 1.97. The van der Waals surface area contributed by atoms with Crippen LogP contribution in [0.15, 0.2) is 16.9 Å². The van der Waals surface area contributed by atoms with E-state index in [9.17, 15) is 9.18 Å². The number of H-pyrrole nitrogens is 1. The lowest BCUT2D eigenvalue weighted by molar-refractivity contribution is 0.629. The lowest BCUT2D eigenvalue weighted by atomic mass is 10.0. The minimum atomic E-state index is -0.408. The van der Waals surface area contributed by atoms with Gasteiger partial charge in [-0.3, -0.25) is 4.79 Å². The first-order valence-electron chi connectivity index (χ1n) is 4.70. The number of hydrogen-bond acceptors (Lipinski definition) is 3. The Hall–Kier alpha value is -1.91. The number of halogens is 1. The van der Waals surface area contributed by atoms with Gasteiger partial charge in [0.1, 0.15) is 5.82 Å². The molecule has 4 nitrogen and oxygen atoms in total. The molecule has 0 radical (unpaired) electrons. The second-order valence-corrected chi connectivity index (χ2v) is 3.55. The number of nitrogens with zero attached hydrogens (tertiary/aromatic N) is 1. The predicted octanol–water partition coefficient (Wildman–Crippen LogP) is 1.03. The number of rotatable bonds is 0. The Morgan fingerprint density at radius 2 is 2.27 bits per heavy atom. The molecule has 0 atom stereocenters. The van der Waals surface area contributed by atoms with Crippen LogP contribution in [0.5, 0.6) is 0 Å². The summed E-state index contributed by atoms with van der Waals surface area (Å²) in [5.41, 5.74) is 1.13. The molecule has 0 bridgehead atoms. The van der Waals surface area contributed by atoms with Gasteiger partial charge in [-0.05, 0) is 12.1 Å². The van der Waals surface area contributed by atoms with Gasteiger partial charge >= 0.3 is 0 Å². The Morgan fingerprint density at radius 3 is 3.13 bits per heavy atom. The van der Waals surface area contributed by atoms with E-state index in [1.54, 1.807) is 0 Å². The summed E-state index contributed by atoms with van der Waals surface area (Å²) in [4.78, 5) is 11.5. The molecule has 2 heterocycles. The fraction of sp³-hybridized carbons (Fsp3) is 0.200. The van der Waals surface area contributed by atoms with E-state index in [0.29, 0.717) is 17.6 Å². The summed E-state index contributed by atoms with van der Waals surface area (Å²) in [5.74, 6) is -0.408. The Morgan fingerprint density at radius 1 is 1.40 bits per heavy atom. The van der Waals surface area contributed by atoms with Crippen molar-refractivity contribution in [2.75, 3.05) is 11.9 Å². The van der Waals surface area contributed by atoms with Crippen molar-refractivity contribution < 1.29 is 4.39 Å². The lowest BCUT2D eigenvalue weighted by Gasteiger charge is -2.17. The van der Waals surface area contributed by atoms with Crippen LogP contribution in [-0.2, 0) is 6.42 Å². The van der Waals surface area contributed by atoms with Gasteiger partial charge in [0.05, 0.1) is 11.1 Å². The number of benzene rings is 1. The zero-order valence-electron chi connectivity index (χ0n) is 7.80. The smallest absolute Gasteiger partial charge is 0.272 e. The van der Waals surface area contributed by atoms with Crippen molar-refractivity contribution in [3.05, 3.63) is 34.0 Å². The van der Waals surface area contributed by atoms with Crippen LogP contribution in [0.3, 0.4) is 0 Å². The molecule has 2 N–H and O–H groups in total. The van der Waals surface area contributed by atoms with Crippen molar-refractivity contribution in [3.63, 3.8) is 0 Å². The summed E-state index contributed by atoms with van der Waals surface area (Å²) >= 11 is 0. The average molecular weight is 205 g/mol. The normalized spacial score (nSPS) is 13.9. The highest BCUT2D eigenvalue weighted by Crippen LogP contribution is 2.27. The molecule has 1 aliphatic heterocycles.